The van der Waals surface area contributed by atoms with Gasteiger partial charge in [0.2, 0.25) is 0 Å². The van der Waals surface area contributed by atoms with Crippen LogP contribution >= 0.6 is 0 Å². The van der Waals surface area contributed by atoms with Gasteiger partial charge in [-0.3, -0.25) is 0 Å². The van der Waals surface area contributed by atoms with Gasteiger partial charge in [-0.05, 0) is 35.7 Å². The Kier molecular flexibility index (Phi) is 3.30. The molecule has 1 aliphatic carbocycles. The third-order valence-electron chi connectivity index (χ3n) is 3.81. The van der Waals surface area contributed by atoms with E-state index in [2.05, 4.69) is 17.4 Å². The summed E-state index contributed by atoms with van der Waals surface area (Å²) in [7, 11) is 0. The van der Waals surface area contributed by atoms with Gasteiger partial charge in [0.05, 0.1) is 0 Å². The summed E-state index contributed by atoms with van der Waals surface area (Å²) in [6, 6.07) is 12.9. The molecule has 3 N–H and O–H groups in total. The first-order chi connectivity index (χ1) is 9.65. The molecule has 1 atom stereocenters. The molecule has 2 aromatic carbocycles. The minimum atomic E-state index is -2.52. The number of anilines is 2. The highest BCUT2D eigenvalue weighted by molar-refractivity contribution is 5.59. The van der Waals surface area contributed by atoms with Gasteiger partial charge in [-0.1, -0.05) is 24.3 Å². The largest absolute Gasteiger partial charge is 0.399 e. The molecule has 20 heavy (non-hydrogen) atoms. The molecular formula is C16H16F2N2. The fourth-order valence-corrected chi connectivity index (χ4v) is 2.70. The molecule has 0 saturated carbocycles. The molecule has 2 aromatic rings. The Bertz CT molecular complexity index is 626. The van der Waals surface area contributed by atoms with Gasteiger partial charge in [0, 0.05) is 29.4 Å². The number of hydrogen-bond donors (Lipinski definition) is 2. The maximum Gasteiger partial charge on any atom is 0.265 e. The average Bonchev–Trinajstić information content (AvgIpc) is 2.41. The highest BCUT2D eigenvalue weighted by Gasteiger charge is 2.25. The van der Waals surface area contributed by atoms with Gasteiger partial charge < -0.3 is 11.1 Å². The number of benzene rings is 2. The molecule has 0 radical (unpaired) electrons. The Hall–Kier alpha value is -2.10. The second-order valence-electron chi connectivity index (χ2n) is 5.13. The van der Waals surface area contributed by atoms with E-state index < -0.39 is 6.43 Å². The Balaban J connectivity index is 1.71. The molecule has 0 spiro atoms. The van der Waals surface area contributed by atoms with E-state index in [-0.39, 0.29) is 5.56 Å². The molecule has 0 bridgehead atoms. The van der Waals surface area contributed by atoms with Gasteiger partial charge >= 0.3 is 0 Å². The molecular weight excluding hydrogens is 258 g/mol. The fraction of sp³-hybridized carbons (Fsp3) is 0.250. The summed E-state index contributed by atoms with van der Waals surface area (Å²) in [4.78, 5) is 0. The lowest BCUT2D eigenvalue weighted by Crippen LogP contribution is -2.24. The van der Waals surface area contributed by atoms with Crippen LogP contribution in [0.4, 0.5) is 20.2 Å². The van der Waals surface area contributed by atoms with Crippen molar-refractivity contribution in [1.29, 1.82) is 0 Å². The number of rotatable bonds is 4. The van der Waals surface area contributed by atoms with Crippen LogP contribution in [0.25, 0.3) is 0 Å². The predicted octanol–water partition coefficient (Wildman–Crippen LogP) is 3.96. The maximum absolute atomic E-state index is 13.0. The van der Waals surface area contributed by atoms with Crippen molar-refractivity contribution in [3.05, 3.63) is 59.2 Å². The summed E-state index contributed by atoms with van der Waals surface area (Å²) in [6.07, 6.45) is -1.52. The zero-order valence-corrected chi connectivity index (χ0v) is 10.9. The number of nitrogen functional groups attached to an aromatic ring is 1. The Morgan fingerprint density at radius 2 is 2.00 bits per heavy atom. The summed E-state index contributed by atoms with van der Waals surface area (Å²) in [5.41, 5.74) is 9.03. The van der Waals surface area contributed by atoms with Gasteiger partial charge in [-0.15, -0.1) is 0 Å². The second kappa shape index (κ2) is 5.12. The quantitative estimate of drug-likeness (QED) is 0.828. The van der Waals surface area contributed by atoms with Crippen molar-refractivity contribution in [2.75, 3.05) is 17.6 Å². The molecule has 1 aliphatic rings. The van der Waals surface area contributed by atoms with Crippen molar-refractivity contribution in [1.82, 2.24) is 0 Å². The second-order valence-corrected chi connectivity index (χ2v) is 5.13. The molecule has 104 valence electrons. The molecule has 0 heterocycles. The highest BCUT2D eigenvalue weighted by Crippen LogP contribution is 2.36. The molecule has 3 rings (SSSR count). The summed E-state index contributed by atoms with van der Waals surface area (Å²) < 4.78 is 25.9. The molecule has 0 fully saturated rings. The van der Waals surface area contributed by atoms with Gasteiger partial charge in [0.1, 0.15) is 0 Å². The summed E-state index contributed by atoms with van der Waals surface area (Å²) in [6.45, 7) is 0.667. The number of fused-ring (bicyclic) bond motifs is 1. The van der Waals surface area contributed by atoms with Crippen LogP contribution in [0.3, 0.4) is 0 Å². The van der Waals surface area contributed by atoms with Gasteiger partial charge in [0.15, 0.2) is 0 Å². The van der Waals surface area contributed by atoms with Gasteiger partial charge in [-0.25, -0.2) is 8.78 Å². The van der Waals surface area contributed by atoms with Crippen molar-refractivity contribution in [3.63, 3.8) is 0 Å². The monoisotopic (exact) mass is 274 g/mol. The van der Waals surface area contributed by atoms with E-state index >= 15 is 0 Å². The van der Waals surface area contributed by atoms with Crippen molar-refractivity contribution in [2.45, 2.75) is 18.8 Å². The lowest BCUT2D eigenvalue weighted by Gasteiger charge is -2.30. The van der Waals surface area contributed by atoms with Crippen molar-refractivity contribution < 1.29 is 8.78 Å². The molecule has 0 amide bonds. The number of hydrogen-bond acceptors (Lipinski definition) is 2. The number of nitrogens with one attached hydrogen (secondary N) is 1. The topological polar surface area (TPSA) is 38.0 Å². The van der Waals surface area contributed by atoms with Crippen molar-refractivity contribution in [3.8, 4) is 0 Å². The van der Waals surface area contributed by atoms with Gasteiger partial charge in [-0.2, -0.15) is 0 Å². The minimum Gasteiger partial charge on any atom is -0.399 e. The molecule has 0 saturated heterocycles. The van der Waals surface area contributed by atoms with Crippen LogP contribution < -0.4 is 11.1 Å². The van der Waals surface area contributed by atoms with E-state index in [1.807, 2.05) is 12.1 Å². The maximum atomic E-state index is 13.0. The zero-order valence-electron chi connectivity index (χ0n) is 10.9. The lowest BCUT2D eigenvalue weighted by molar-refractivity contribution is 0.152. The third kappa shape index (κ3) is 2.33. The first-order valence-corrected chi connectivity index (χ1v) is 6.64. The smallest absolute Gasteiger partial charge is 0.265 e. The molecule has 4 heteroatoms. The van der Waals surface area contributed by atoms with Crippen molar-refractivity contribution >= 4 is 11.4 Å². The zero-order chi connectivity index (χ0) is 14.1. The lowest BCUT2D eigenvalue weighted by atomic mass is 9.77. The van der Waals surface area contributed by atoms with Crippen LogP contribution in [0.5, 0.6) is 0 Å². The van der Waals surface area contributed by atoms with Crippen molar-refractivity contribution in [2.24, 2.45) is 0 Å². The number of halogens is 2. The highest BCUT2D eigenvalue weighted by atomic mass is 19.3. The summed E-state index contributed by atoms with van der Waals surface area (Å²) in [5.74, 6) is 0.397. The average molecular weight is 274 g/mol. The van der Waals surface area contributed by atoms with E-state index in [0.29, 0.717) is 23.8 Å². The molecule has 1 unspecified atom stereocenters. The van der Waals surface area contributed by atoms with E-state index in [4.69, 9.17) is 5.73 Å². The van der Waals surface area contributed by atoms with Crippen LogP contribution in [-0.4, -0.2) is 6.54 Å². The summed E-state index contributed by atoms with van der Waals surface area (Å²) >= 11 is 0. The van der Waals surface area contributed by atoms with E-state index in [1.165, 1.54) is 17.2 Å². The minimum absolute atomic E-state index is 0.0300. The predicted molar refractivity (Wildman–Crippen MR) is 77.2 cm³/mol. The number of nitrogens with two attached hydrogens (primary N) is 1. The van der Waals surface area contributed by atoms with Crippen LogP contribution in [0.15, 0.2) is 42.5 Å². The normalized spacial score (nSPS) is 16.6. The van der Waals surface area contributed by atoms with Crippen LogP contribution in [0.1, 0.15) is 29.0 Å². The van der Waals surface area contributed by atoms with E-state index in [1.54, 1.807) is 12.1 Å². The van der Waals surface area contributed by atoms with Crippen LogP contribution in [0.2, 0.25) is 0 Å². The SMILES string of the molecule is Nc1ccc(NCC2Cc3ccccc32)c(C(F)F)c1. The van der Waals surface area contributed by atoms with Gasteiger partial charge in [0.25, 0.3) is 6.43 Å². The first-order valence-electron chi connectivity index (χ1n) is 6.64. The Labute approximate surface area is 116 Å². The Morgan fingerprint density at radius 1 is 1.20 bits per heavy atom. The van der Waals surface area contributed by atoms with Crippen LogP contribution in [-0.2, 0) is 6.42 Å². The van der Waals surface area contributed by atoms with E-state index in [0.717, 1.165) is 6.42 Å². The van der Waals surface area contributed by atoms with Crippen LogP contribution in [0, 0.1) is 0 Å². The fourth-order valence-electron chi connectivity index (χ4n) is 2.70. The van der Waals surface area contributed by atoms with E-state index in [9.17, 15) is 8.78 Å². The molecule has 0 aromatic heterocycles. The Morgan fingerprint density at radius 3 is 2.75 bits per heavy atom. The first kappa shape index (κ1) is 12.9. The molecule has 2 nitrogen and oxygen atoms in total. The standard InChI is InChI=1S/C16H16F2N2/c17-16(18)14-8-12(19)5-6-15(14)20-9-11-7-10-3-1-2-4-13(10)11/h1-6,8,11,16,20H,7,9,19H2. The summed E-state index contributed by atoms with van der Waals surface area (Å²) in [5, 5.41) is 3.13. The third-order valence-corrected chi connectivity index (χ3v) is 3.81. The number of alkyl halides is 2. The molecule has 0 aliphatic heterocycles.